The number of benzene rings is 1. The molecular weight excluding hydrogens is 268 g/mol. The molecule has 4 rings (SSSR count). The molecule has 0 radical (unpaired) electrons. The summed E-state index contributed by atoms with van der Waals surface area (Å²) in [6.45, 7) is 7.01. The summed E-state index contributed by atoms with van der Waals surface area (Å²) in [6.07, 6.45) is 9.00. The van der Waals surface area contributed by atoms with Gasteiger partial charge in [-0.05, 0) is 56.4 Å². The van der Waals surface area contributed by atoms with Crippen LogP contribution in [0.3, 0.4) is 0 Å². The minimum absolute atomic E-state index is 0.176. The Morgan fingerprint density at radius 2 is 2.00 bits per heavy atom. The predicted octanol–water partition coefficient (Wildman–Crippen LogP) is 4.63. The highest BCUT2D eigenvalue weighted by molar-refractivity contribution is 5.85. The molecule has 2 heteroatoms. The summed E-state index contributed by atoms with van der Waals surface area (Å²) < 4.78 is 0. The maximum Gasteiger partial charge on any atom is 0.0412 e. The van der Waals surface area contributed by atoms with Crippen LogP contribution in [-0.4, -0.2) is 10.5 Å². The molecule has 2 aliphatic rings. The van der Waals surface area contributed by atoms with E-state index in [-0.39, 0.29) is 5.54 Å². The fourth-order valence-electron chi connectivity index (χ4n) is 4.36. The zero-order chi connectivity index (χ0) is 15.3. The van der Waals surface area contributed by atoms with E-state index in [1.165, 1.54) is 34.8 Å². The predicted molar refractivity (Wildman–Crippen MR) is 91.7 cm³/mol. The summed E-state index contributed by atoms with van der Waals surface area (Å²) in [6, 6.07) is 8.97. The van der Waals surface area contributed by atoms with Crippen LogP contribution in [0.2, 0.25) is 0 Å². The molecule has 1 aromatic carbocycles. The van der Waals surface area contributed by atoms with Crippen LogP contribution in [0.25, 0.3) is 10.8 Å². The summed E-state index contributed by atoms with van der Waals surface area (Å²) in [5.74, 6) is 1.33. The minimum atomic E-state index is 0.176. The van der Waals surface area contributed by atoms with Gasteiger partial charge >= 0.3 is 0 Å². The summed E-state index contributed by atoms with van der Waals surface area (Å²) in [7, 11) is 0. The van der Waals surface area contributed by atoms with Crippen molar-refractivity contribution in [3.8, 4) is 0 Å². The maximum atomic E-state index is 4.51. The summed E-state index contributed by atoms with van der Waals surface area (Å²) in [5, 5.41) is 6.52. The lowest BCUT2D eigenvalue weighted by Gasteiger charge is -2.50. The van der Waals surface area contributed by atoms with Gasteiger partial charge in [0.15, 0.2) is 0 Å². The number of nitrogens with zero attached hydrogens (tertiary/aromatic N) is 1. The molecule has 0 spiro atoms. The molecular formula is C20H24N2. The first-order valence-electron chi connectivity index (χ1n) is 8.33. The monoisotopic (exact) mass is 292 g/mol. The van der Waals surface area contributed by atoms with Crippen LogP contribution in [0.5, 0.6) is 0 Å². The Bertz CT molecular complexity index is 739. The molecule has 2 aromatic rings. The van der Waals surface area contributed by atoms with Gasteiger partial charge in [0.1, 0.15) is 0 Å². The van der Waals surface area contributed by atoms with E-state index in [9.17, 15) is 0 Å². The fourth-order valence-corrected chi connectivity index (χ4v) is 4.36. The van der Waals surface area contributed by atoms with Crippen LogP contribution in [0.4, 0.5) is 0 Å². The van der Waals surface area contributed by atoms with Crippen molar-refractivity contribution in [1.29, 1.82) is 0 Å². The molecule has 2 bridgehead atoms. The molecule has 0 saturated carbocycles. The number of pyridine rings is 1. The van der Waals surface area contributed by atoms with Crippen molar-refractivity contribution in [3.63, 3.8) is 0 Å². The number of hydrogen-bond donors (Lipinski definition) is 1. The first-order chi connectivity index (χ1) is 10.6. The van der Waals surface area contributed by atoms with Crippen LogP contribution < -0.4 is 5.32 Å². The third-order valence-corrected chi connectivity index (χ3v) is 5.83. The summed E-state index contributed by atoms with van der Waals surface area (Å²) >= 11 is 0. The highest BCUT2D eigenvalue weighted by Crippen LogP contribution is 2.47. The van der Waals surface area contributed by atoms with Gasteiger partial charge in [-0.15, -0.1) is 0 Å². The molecule has 114 valence electrons. The Balaban J connectivity index is 1.86. The minimum Gasteiger partial charge on any atom is -0.304 e. The molecule has 2 heterocycles. The van der Waals surface area contributed by atoms with Gasteiger partial charge in [0.05, 0.1) is 0 Å². The molecule has 1 aliphatic heterocycles. The summed E-state index contributed by atoms with van der Waals surface area (Å²) in [4.78, 5) is 4.51. The van der Waals surface area contributed by atoms with Crippen LogP contribution in [0, 0.1) is 11.8 Å². The van der Waals surface area contributed by atoms with Gasteiger partial charge in [-0.1, -0.05) is 35.9 Å². The molecule has 1 aromatic heterocycles. The van der Waals surface area contributed by atoms with Crippen LogP contribution >= 0.6 is 0 Å². The number of aromatic nitrogens is 1. The van der Waals surface area contributed by atoms with Crippen molar-refractivity contribution in [1.82, 2.24) is 10.3 Å². The van der Waals surface area contributed by atoms with Crippen LogP contribution in [-0.2, 0) is 0 Å². The van der Waals surface area contributed by atoms with E-state index in [1.54, 1.807) is 0 Å². The lowest BCUT2D eigenvalue weighted by molar-refractivity contribution is 0.110. The van der Waals surface area contributed by atoms with Crippen LogP contribution in [0.1, 0.15) is 45.2 Å². The number of allylic oxidation sites excluding steroid dienone is 1. The number of fused-ring (bicyclic) bond motifs is 3. The van der Waals surface area contributed by atoms with E-state index in [2.05, 4.69) is 67.6 Å². The lowest BCUT2D eigenvalue weighted by atomic mass is 9.65. The second-order valence-corrected chi connectivity index (χ2v) is 7.52. The zero-order valence-corrected chi connectivity index (χ0v) is 13.6. The molecule has 1 saturated heterocycles. The molecule has 1 aliphatic carbocycles. The van der Waals surface area contributed by atoms with Gasteiger partial charge in [-0.25, -0.2) is 0 Å². The third kappa shape index (κ3) is 2.09. The van der Waals surface area contributed by atoms with Gasteiger partial charge in [-0.3, -0.25) is 4.98 Å². The third-order valence-electron chi connectivity index (χ3n) is 5.83. The second-order valence-electron chi connectivity index (χ2n) is 7.52. The van der Waals surface area contributed by atoms with E-state index < -0.39 is 0 Å². The molecule has 1 fully saturated rings. The second kappa shape index (κ2) is 4.92. The highest BCUT2D eigenvalue weighted by atomic mass is 15.0. The van der Waals surface area contributed by atoms with Gasteiger partial charge in [0.2, 0.25) is 0 Å². The largest absolute Gasteiger partial charge is 0.304 e. The Morgan fingerprint density at radius 1 is 1.18 bits per heavy atom. The zero-order valence-electron chi connectivity index (χ0n) is 13.6. The smallest absolute Gasteiger partial charge is 0.0412 e. The van der Waals surface area contributed by atoms with Crippen LogP contribution in [0.15, 0.2) is 48.3 Å². The summed E-state index contributed by atoms with van der Waals surface area (Å²) in [5.41, 5.74) is 3.07. The van der Waals surface area contributed by atoms with Crippen molar-refractivity contribution >= 4 is 10.8 Å². The van der Waals surface area contributed by atoms with E-state index in [0.29, 0.717) is 12.0 Å². The Kier molecular flexibility index (Phi) is 3.12. The first kappa shape index (κ1) is 14.0. The van der Waals surface area contributed by atoms with Gasteiger partial charge in [-0.2, -0.15) is 0 Å². The fraction of sp³-hybridized carbons (Fsp3) is 0.450. The van der Waals surface area contributed by atoms with Crippen molar-refractivity contribution in [3.05, 3.63) is 53.9 Å². The quantitative estimate of drug-likeness (QED) is 0.775. The van der Waals surface area contributed by atoms with Crippen molar-refractivity contribution in [2.45, 2.75) is 45.2 Å². The van der Waals surface area contributed by atoms with Crippen molar-refractivity contribution in [2.24, 2.45) is 11.8 Å². The maximum absolute atomic E-state index is 4.51. The van der Waals surface area contributed by atoms with Crippen molar-refractivity contribution < 1.29 is 0 Å². The Labute approximate surface area is 132 Å². The normalized spacial score (nSPS) is 30.1. The lowest BCUT2D eigenvalue weighted by Crippen LogP contribution is -2.55. The van der Waals surface area contributed by atoms with Gasteiger partial charge in [0, 0.05) is 29.4 Å². The molecule has 3 atom stereocenters. The first-order valence-corrected chi connectivity index (χ1v) is 8.33. The average molecular weight is 292 g/mol. The topological polar surface area (TPSA) is 24.9 Å². The number of piperidine rings is 1. The SMILES string of the molecule is CC1=CC[C@@H]2C[C@H]1[C@H](c1cncc3ccccc13)NC2(C)C. The van der Waals surface area contributed by atoms with E-state index in [0.717, 1.165) is 5.92 Å². The highest BCUT2D eigenvalue weighted by Gasteiger charge is 2.44. The number of hydrogen-bond acceptors (Lipinski definition) is 2. The van der Waals surface area contributed by atoms with Crippen molar-refractivity contribution in [2.75, 3.05) is 0 Å². The molecule has 2 nitrogen and oxygen atoms in total. The molecule has 1 N–H and O–H groups in total. The number of rotatable bonds is 1. The number of nitrogens with one attached hydrogen (secondary N) is 1. The average Bonchev–Trinajstić information content (AvgIpc) is 2.52. The van der Waals surface area contributed by atoms with E-state index >= 15 is 0 Å². The Morgan fingerprint density at radius 3 is 2.86 bits per heavy atom. The van der Waals surface area contributed by atoms with Gasteiger partial charge in [0.25, 0.3) is 0 Å². The molecule has 0 unspecified atom stereocenters. The molecule has 22 heavy (non-hydrogen) atoms. The van der Waals surface area contributed by atoms with E-state index in [1.807, 2.05) is 6.20 Å². The van der Waals surface area contributed by atoms with Gasteiger partial charge < -0.3 is 5.32 Å². The standard InChI is InChI=1S/C20H24N2/c1-13-8-9-15-10-17(13)19(22-20(15,2)3)18-12-21-11-14-6-4-5-7-16(14)18/h4-8,11-12,15,17,19,22H,9-10H2,1-3H3/t15-,17-,19-/m1/s1. The molecule has 0 amide bonds. The Hall–Kier alpha value is -1.67. The van der Waals surface area contributed by atoms with E-state index in [4.69, 9.17) is 0 Å².